The van der Waals surface area contributed by atoms with Crippen LogP contribution in [0.25, 0.3) is 0 Å². The summed E-state index contributed by atoms with van der Waals surface area (Å²) in [6.07, 6.45) is -0.718. The average molecular weight is 301 g/mol. The molecule has 0 fully saturated rings. The number of halogens is 1. The number of nitrogens with one attached hydrogen (secondary N) is 2. The largest absolute Gasteiger partial charge is 0.481 e. The number of carboxylic acid groups (broad SMARTS) is 2. The van der Waals surface area contributed by atoms with Crippen molar-refractivity contribution < 1.29 is 24.6 Å². The minimum atomic E-state index is -1.52. The smallest absolute Gasteiger partial charge is 0.326 e. The van der Waals surface area contributed by atoms with Crippen molar-refractivity contribution in [2.75, 3.05) is 5.32 Å². The van der Waals surface area contributed by atoms with Crippen molar-refractivity contribution in [2.24, 2.45) is 0 Å². The van der Waals surface area contributed by atoms with Crippen LogP contribution in [0.4, 0.5) is 10.5 Å². The van der Waals surface area contributed by atoms with Crippen LogP contribution < -0.4 is 10.6 Å². The maximum atomic E-state index is 11.7. The number of amides is 2. The molecule has 20 heavy (non-hydrogen) atoms. The highest BCUT2D eigenvalue weighted by Crippen LogP contribution is 2.24. The van der Waals surface area contributed by atoms with Gasteiger partial charge in [-0.3, -0.25) is 4.79 Å². The average Bonchev–Trinajstić information content (AvgIpc) is 2.32. The van der Waals surface area contributed by atoms with Crippen LogP contribution in [-0.2, 0) is 9.59 Å². The van der Waals surface area contributed by atoms with E-state index in [-0.39, 0.29) is 0 Å². The van der Waals surface area contributed by atoms with Gasteiger partial charge in [-0.15, -0.1) is 0 Å². The van der Waals surface area contributed by atoms with Gasteiger partial charge in [0.15, 0.2) is 0 Å². The zero-order chi connectivity index (χ0) is 15.3. The van der Waals surface area contributed by atoms with E-state index in [4.69, 9.17) is 21.8 Å². The Morgan fingerprint density at radius 1 is 1.30 bits per heavy atom. The standard InChI is InChI=1S/C12H13ClN2O5/c1-6-3-2-4-7(13)10(6)15-12(20)14-8(11(18)19)5-9(16)17/h2-4,8H,5H2,1H3,(H,16,17)(H,18,19)(H2,14,15,20)/t8-/m1/s1. The molecule has 0 unspecified atom stereocenters. The quantitative estimate of drug-likeness (QED) is 0.660. The topological polar surface area (TPSA) is 116 Å². The fourth-order valence-electron chi connectivity index (χ4n) is 1.47. The Balaban J connectivity index is 2.76. The predicted octanol–water partition coefficient (Wildman–Crippen LogP) is 1.70. The molecule has 2 amide bonds. The molecule has 108 valence electrons. The van der Waals surface area contributed by atoms with E-state index in [1.54, 1.807) is 25.1 Å². The summed E-state index contributed by atoms with van der Waals surface area (Å²) >= 11 is 5.90. The Bertz CT molecular complexity index is 526. The number of anilines is 1. The molecule has 0 spiro atoms. The molecule has 0 heterocycles. The molecule has 0 bridgehead atoms. The molecular weight excluding hydrogens is 288 g/mol. The van der Waals surface area contributed by atoms with Gasteiger partial charge >= 0.3 is 18.0 Å². The van der Waals surface area contributed by atoms with Crippen LogP contribution >= 0.6 is 11.6 Å². The van der Waals surface area contributed by atoms with Gasteiger partial charge in [-0.2, -0.15) is 0 Å². The van der Waals surface area contributed by atoms with Gasteiger partial charge in [0.1, 0.15) is 6.04 Å². The van der Waals surface area contributed by atoms with E-state index in [0.717, 1.165) is 0 Å². The van der Waals surface area contributed by atoms with Crippen molar-refractivity contribution in [3.63, 3.8) is 0 Å². The van der Waals surface area contributed by atoms with Gasteiger partial charge in [0, 0.05) is 0 Å². The highest BCUT2D eigenvalue weighted by Gasteiger charge is 2.23. The molecule has 1 rings (SSSR count). The SMILES string of the molecule is Cc1cccc(Cl)c1NC(=O)N[C@H](CC(=O)O)C(=O)O. The molecule has 0 aliphatic carbocycles. The van der Waals surface area contributed by atoms with Crippen molar-refractivity contribution >= 4 is 35.3 Å². The van der Waals surface area contributed by atoms with Crippen molar-refractivity contribution in [3.05, 3.63) is 28.8 Å². The second kappa shape index (κ2) is 6.76. The van der Waals surface area contributed by atoms with E-state index in [1.165, 1.54) is 0 Å². The first kappa shape index (κ1) is 15.8. The Morgan fingerprint density at radius 3 is 2.45 bits per heavy atom. The van der Waals surface area contributed by atoms with Crippen molar-refractivity contribution in [3.8, 4) is 0 Å². The number of benzene rings is 1. The molecule has 0 aromatic heterocycles. The Morgan fingerprint density at radius 2 is 1.95 bits per heavy atom. The second-order valence-corrected chi connectivity index (χ2v) is 4.43. The number of hydrogen-bond donors (Lipinski definition) is 4. The summed E-state index contributed by atoms with van der Waals surface area (Å²) in [6.45, 7) is 1.72. The Kier molecular flexibility index (Phi) is 5.33. The maximum Gasteiger partial charge on any atom is 0.326 e. The van der Waals surface area contributed by atoms with Gasteiger partial charge in [0.2, 0.25) is 0 Å². The molecule has 4 N–H and O–H groups in total. The van der Waals surface area contributed by atoms with E-state index in [9.17, 15) is 14.4 Å². The number of aryl methyl sites for hydroxylation is 1. The zero-order valence-corrected chi connectivity index (χ0v) is 11.3. The number of carboxylic acids is 2. The van der Waals surface area contributed by atoms with Gasteiger partial charge < -0.3 is 20.8 Å². The molecule has 1 atom stereocenters. The third-order valence-corrected chi connectivity index (χ3v) is 2.76. The molecular formula is C12H13ClN2O5. The molecule has 8 heteroatoms. The van der Waals surface area contributed by atoms with Crippen LogP contribution in [0.1, 0.15) is 12.0 Å². The number of aliphatic carboxylic acids is 2. The molecule has 0 saturated carbocycles. The molecule has 0 aliphatic heterocycles. The molecule has 0 aliphatic rings. The van der Waals surface area contributed by atoms with Crippen LogP contribution in [0, 0.1) is 6.92 Å². The normalized spacial score (nSPS) is 11.5. The summed E-state index contributed by atoms with van der Waals surface area (Å²) in [5, 5.41) is 22.1. The third kappa shape index (κ3) is 4.43. The minimum Gasteiger partial charge on any atom is -0.481 e. The zero-order valence-electron chi connectivity index (χ0n) is 10.5. The number of carbonyl (C=O) groups excluding carboxylic acids is 1. The van der Waals surface area contributed by atoms with Crippen LogP contribution in [-0.4, -0.2) is 34.2 Å². The van der Waals surface area contributed by atoms with E-state index < -0.39 is 30.4 Å². The summed E-state index contributed by atoms with van der Waals surface area (Å²) in [5.74, 6) is -2.76. The van der Waals surface area contributed by atoms with E-state index >= 15 is 0 Å². The summed E-state index contributed by atoms with van der Waals surface area (Å²) in [6, 6.07) is 2.62. The summed E-state index contributed by atoms with van der Waals surface area (Å²) in [7, 11) is 0. The summed E-state index contributed by atoms with van der Waals surface area (Å²) < 4.78 is 0. The first-order chi connectivity index (χ1) is 9.31. The fraction of sp³-hybridized carbons (Fsp3) is 0.250. The third-order valence-electron chi connectivity index (χ3n) is 2.44. The van der Waals surface area contributed by atoms with Crippen LogP contribution in [0.5, 0.6) is 0 Å². The summed E-state index contributed by atoms with van der Waals surface area (Å²) in [5.41, 5.74) is 1.03. The van der Waals surface area contributed by atoms with Crippen LogP contribution in [0.15, 0.2) is 18.2 Å². The molecule has 7 nitrogen and oxygen atoms in total. The van der Waals surface area contributed by atoms with Gasteiger partial charge in [-0.05, 0) is 18.6 Å². The molecule has 0 saturated heterocycles. The lowest BCUT2D eigenvalue weighted by Crippen LogP contribution is -2.44. The van der Waals surface area contributed by atoms with Crippen molar-refractivity contribution in [1.82, 2.24) is 5.32 Å². The van der Waals surface area contributed by atoms with E-state index in [1.807, 2.05) is 0 Å². The number of carbonyl (C=O) groups is 3. The van der Waals surface area contributed by atoms with Gasteiger partial charge in [-0.1, -0.05) is 23.7 Å². The number of rotatable bonds is 5. The second-order valence-electron chi connectivity index (χ2n) is 4.02. The Labute approximate surface area is 119 Å². The predicted molar refractivity (Wildman–Crippen MR) is 72.0 cm³/mol. The first-order valence-corrected chi connectivity index (χ1v) is 5.96. The number of hydrogen-bond acceptors (Lipinski definition) is 3. The van der Waals surface area contributed by atoms with Crippen LogP contribution in [0.2, 0.25) is 5.02 Å². The fourth-order valence-corrected chi connectivity index (χ4v) is 1.74. The Hall–Kier alpha value is -2.28. The van der Waals surface area contributed by atoms with Gasteiger partial charge in [0.05, 0.1) is 17.1 Å². The maximum absolute atomic E-state index is 11.7. The van der Waals surface area contributed by atoms with E-state index in [0.29, 0.717) is 16.3 Å². The highest BCUT2D eigenvalue weighted by atomic mass is 35.5. The monoisotopic (exact) mass is 300 g/mol. The minimum absolute atomic E-state index is 0.297. The van der Waals surface area contributed by atoms with E-state index in [2.05, 4.69) is 10.6 Å². The highest BCUT2D eigenvalue weighted by molar-refractivity contribution is 6.33. The van der Waals surface area contributed by atoms with Crippen molar-refractivity contribution in [2.45, 2.75) is 19.4 Å². The van der Waals surface area contributed by atoms with Gasteiger partial charge in [0.25, 0.3) is 0 Å². The molecule has 0 radical (unpaired) electrons. The lowest BCUT2D eigenvalue weighted by molar-refractivity contribution is -0.145. The van der Waals surface area contributed by atoms with Crippen molar-refractivity contribution in [1.29, 1.82) is 0 Å². The number of urea groups is 1. The summed E-state index contributed by atoms with van der Waals surface area (Å²) in [4.78, 5) is 33.0. The molecule has 1 aromatic carbocycles. The van der Waals surface area contributed by atoms with Gasteiger partial charge in [-0.25, -0.2) is 9.59 Å². The van der Waals surface area contributed by atoms with Crippen LogP contribution in [0.3, 0.4) is 0 Å². The molecule has 1 aromatic rings. The number of para-hydroxylation sites is 1. The first-order valence-electron chi connectivity index (χ1n) is 5.58. The lowest BCUT2D eigenvalue weighted by Gasteiger charge is -2.15. The lowest BCUT2D eigenvalue weighted by atomic mass is 10.2.